The van der Waals surface area contributed by atoms with Crippen LogP contribution in [0.15, 0.2) is 54.6 Å². The van der Waals surface area contributed by atoms with Crippen molar-refractivity contribution < 1.29 is 27.5 Å². The summed E-state index contributed by atoms with van der Waals surface area (Å²) >= 11 is 0. The van der Waals surface area contributed by atoms with Gasteiger partial charge in [0.25, 0.3) is 11.8 Å². The molecule has 2 amide bonds. The van der Waals surface area contributed by atoms with Gasteiger partial charge in [-0.25, -0.2) is 13.2 Å². The molecule has 0 spiro atoms. The van der Waals surface area contributed by atoms with E-state index < -0.39 is 17.5 Å². The van der Waals surface area contributed by atoms with Crippen molar-refractivity contribution in [1.29, 1.82) is 0 Å². The topological polar surface area (TPSA) is 77.2 Å². The van der Waals surface area contributed by atoms with Crippen LogP contribution in [0.2, 0.25) is 0 Å². The van der Waals surface area contributed by atoms with E-state index in [9.17, 15) is 22.8 Å². The van der Waals surface area contributed by atoms with Crippen molar-refractivity contribution in [3.05, 3.63) is 83.2 Å². The van der Waals surface area contributed by atoms with Crippen LogP contribution in [0.4, 0.5) is 18.9 Å². The van der Waals surface area contributed by atoms with Crippen LogP contribution in [0.1, 0.15) is 27.1 Å². The van der Waals surface area contributed by atoms with E-state index in [2.05, 4.69) is 15.5 Å². The fourth-order valence-electron chi connectivity index (χ4n) is 5.84. The SMILES string of the molecule is Cl.O=C(c1cc(F)cc(N2CCNCC2)c1)N1CCN(C(=O)c2ccc(OC3CCNC3)c(-c3ccc(F)c(F)c3)c2)CC1. The van der Waals surface area contributed by atoms with Gasteiger partial charge >= 0.3 is 0 Å². The third-order valence-electron chi connectivity index (χ3n) is 8.23. The largest absolute Gasteiger partial charge is 0.488 e. The van der Waals surface area contributed by atoms with Gasteiger partial charge in [0.05, 0.1) is 0 Å². The van der Waals surface area contributed by atoms with E-state index >= 15 is 0 Å². The second-order valence-corrected chi connectivity index (χ2v) is 11.1. The van der Waals surface area contributed by atoms with Gasteiger partial charge in [0.1, 0.15) is 17.7 Å². The maximum Gasteiger partial charge on any atom is 0.254 e. The molecular formula is C32H35ClF3N5O3. The number of hydrogen-bond acceptors (Lipinski definition) is 6. The smallest absolute Gasteiger partial charge is 0.254 e. The summed E-state index contributed by atoms with van der Waals surface area (Å²) in [6.45, 7) is 5.78. The summed E-state index contributed by atoms with van der Waals surface area (Å²) in [5.41, 5.74) is 2.25. The maximum atomic E-state index is 14.5. The number of carbonyl (C=O) groups is 2. The van der Waals surface area contributed by atoms with Gasteiger partial charge in [-0.1, -0.05) is 6.07 Å². The summed E-state index contributed by atoms with van der Waals surface area (Å²) in [5, 5.41) is 6.50. The molecule has 0 aromatic heterocycles. The molecule has 0 saturated carbocycles. The van der Waals surface area contributed by atoms with E-state index in [1.807, 2.05) is 0 Å². The molecule has 44 heavy (non-hydrogen) atoms. The molecular weight excluding hydrogens is 595 g/mol. The zero-order valence-corrected chi connectivity index (χ0v) is 25.0. The van der Waals surface area contributed by atoms with Gasteiger partial charge in [0, 0.05) is 81.3 Å². The van der Waals surface area contributed by atoms with Crippen LogP contribution in [0.5, 0.6) is 5.75 Å². The normalized spacial score (nSPS) is 18.6. The Hall–Kier alpha value is -3.80. The first-order valence-electron chi connectivity index (χ1n) is 14.7. The van der Waals surface area contributed by atoms with Gasteiger partial charge in [-0.2, -0.15) is 0 Å². The van der Waals surface area contributed by atoms with Crippen LogP contribution in [-0.4, -0.2) is 93.2 Å². The molecule has 3 aromatic rings. The highest BCUT2D eigenvalue weighted by Gasteiger charge is 2.28. The van der Waals surface area contributed by atoms with Crippen LogP contribution >= 0.6 is 12.4 Å². The van der Waals surface area contributed by atoms with Crippen molar-refractivity contribution >= 4 is 29.9 Å². The number of rotatable bonds is 6. The van der Waals surface area contributed by atoms with Crippen molar-refractivity contribution in [3.8, 4) is 16.9 Å². The second-order valence-electron chi connectivity index (χ2n) is 11.1. The number of ether oxygens (including phenoxy) is 1. The number of benzene rings is 3. The van der Waals surface area contributed by atoms with Gasteiger partial charge in [0.2, 0.25) is 0 Å². The molecule has 2 N–H and O–H groups in total. The molecule has 12 heteroatoms. The Labute approximate surface area is 260 Å². The van der Waals surface area contributed by atoms with E-state index in [1.54, 1.807) is 34.1 Å². The zero-order valence-electron chi connectivity index (χ0n) is 24.2. The lowest BCUT2D eigenvalue weighted by molar-refractivity contribution is 0.0535. The van der Waals surface area contributed by atoms with Gasteiger partial charge in [0.15, 0.2) is 11.6 Å². The molecule has 3 aromatic carbocycles. The Kier molecular flexibility index (Phi) is 9.97. The lowest BCUT2D eigenvalue weighted by Crippen LogP contribution is -2.50. The standard InChI is InChI=1S/C32H34F3N5O3.ClH/c33-24-15-23(16-25(19-24)38-9-7-36-8-10-38)32(42)40-13-11-39(12-14-40)31(41)22-2-4-30(43-26-5-6-37-20-26)27(17-22)21-1-3-28(34)29(35)18-21;/h1-4,15-19,26,36-37H,5-14,20H2;1H. The molecule has 3 saturated heterocycles. The molecule has 3 fully saturated rings. The third kappa shape index (κ3) is 6.95. The first kappa shape index (κ1) is 31.6. The predicted octanol–water partition coefficient (Wildman–Crippen LogP) is 3.94. The van der Waals surface area contributed by atoms with Gasteiger partial charge < -0.3 is 30.1 Å². The summed E-state index contributed by atoms with van der Waals surface area (Å²) in [4.78, 5) is 32.2. The third-order valence-corrected chi connectivity index (χ3v) is 8.23. The minimum absolute atomic E-state index is 0. The molecule has 234 valence electrons. The van der Waals surface area contributed by atoms with Crippen molar-refractivity contribution in [3.63, 3.8) is 0 Å². The molecule has 3 aliphatic heterocycles. The number of carbonyl (C=O) groups excluding carboxylic acids is 2. The Balaban J connectivity index is 0.00000384. The van der Waals surface area contributed by atoms with E-state index in [-0.39, 0.29) is 35.9 Å². The van der Waals surface area contributed by atoms with E-state index in [0.717, 1.165) is 51.3 Å². The summed E-state index contributed by atoms with van der Waals surface area (Å²) in [6.07, 6.45) is 0.746. The average Bonchev–Trinajstić information content (AvgIpc) is 3.55. The van der Waals surface area contributed by atoms with Crippen LogP contribution < -0.4 is 20.3 Å². The highest BCUT2D eigenvalue weighted by Crippen LogP contribution is 2.34. The van der Waals surface area contributed by atoms with E-state index in [1.165, 1.54) is 18.2 Å². The molecule has 8 nitrogen and oxygen atoms in total. The fourth-order valence-corrected chi connectivity index (χ4v) is 5.84. The maximum absolute atomic E-state index is 14.5. The first-order chi connectivity index (χ1) is 20.9. The minimum Gasteiger partial charge on any atom is -0.488 e. The Morgan fingerprint density at radius 1 is 0.727 bits per heavy atom. The van der Waals surface area contributed by atoms with E-state index in [4.69, 9.17) is 4.74 Å². The van der Waals surface area contributed by atoms with Crippen LogP contribution in [0, 0.1) is 17.5 Å². The molecule has 6 rings (SSSR count). The number of nitrogens with zero attached hydrogens (tertiary/aromatic N) is 3. The van der Waals surface area contributed by atoms with Crippen molar-refractivity contribution in [2.24, 2.45) is 0 Å². The number of nitrogens with one attached hydrogen (secondary N) is 2. The number of anilines is 1. The van der Waals surface area contributed by atoms with Gasteiger partial charge in [-0.05, 0) is 67.1 Å². The molecule has 3 aliphatic rings. The molecule has 1 atom stereocenters. The minimum atomic E-state index is -0.984. The molecule has 0 bridgehead atoms. The Morgan fingerprint density at radius 2 is 1.43 bits per heavy atom. The summed E-state index contributed by atoms with van der Waals surface area (Å²) in [5.74, 6) is -2.42. The first-order valence-corrected chi connectivity index (χ1v) is 14.7. The number of halogens is 4. The zero-order chi connectivity index (χ0) is 29.9. The van der Waals surface area contributed by atoms with Crippen molar-refractivity contribution in [1.82, 2.24) is 20.4 Å². The predicted molar refractivity (Wildman–Crippen MR) is 164 cm³/mol. The monoisotopic (exact) mass is 629 g/mol. The highest BCUT2D eigenvalue weighted by atomic mass is 35.5. The molecule has 0 aliphatic carbocycles. The highest BCUT2D eigenvalue weighted by molar-refractivity contribution is 5.97. The number of hydrogen-bond donors (Lipinski definition) is 2. The number of amides is 2. The lowest BCUT2D eigenvalue weighted by Gasteiger charge is -2.35. The summed E-state index contributed by atoms with van der Waals surface area (Å²) in [7, 11) is 0. The Bertz CT molecular complexity index is 1510. The summed E-state index contributed by atoms with van der Waals surface area (Å²) < 4.78 is 48.5. The quantitative estimate of drug-likeness (QED) is 0.430. The molecule has 0 radical (unpaired) electrons. The Morgan fingerprint density at radius 3 is 2.09 bits per heavy atom. The van der Waals surface area contributed by atoms with Crippen LogP contribution in [0.3, 0.4) is 0 Å². The van der Waals surface area contributed by atoms with Crippen LogP contribution in [-0.2, 0) is 0 Å². The molecule has 1 unspecified atom stereocenters. The number of piperazine rings is 2. The van der Waals surface area contributed by atoms with Crippen molar-refractivity contribution in [2.45, 2.75) is 12.5 Å². The summed E-state index contributed by atoms with van der Waals surface area (Å²) in [6, 6.07) is 13.1. The second kappa shape index (κ2) is 13.9. The van der Waals surface area contributed by atoms with Crippen molar-refractivity contribution in [2.75, 3.05) is 70.3 Å². The van der Waals surface area contributed by atoms with E-state index in [0.29, 0.717) is 60.9 Å². The lowest BCUT2D eigenvalue weighted by atomic mass is 10.0. The van der Waals surface area contributed by atoms with Gasteiger partial charge in [-0.3, -0.25) is 9.59 Å². The average molecular weight is 630 g/mol. The fraction of sp³-hybridized carbons (Fsp3) is 0.375. The molecule has 3 heterocycles. The van der Waals surface area contributed by atoms with Crippen LogP contribution in [0.25, 0.3) is 11.1 Å². The van der Waals surface area contributed by atoms with Gasteiger partial charge in [-0.15, -0.1) is 12.4 Å².